The fourth-order valence-corrected chi connectivity index (χ4v) is 1.50. The summed E-state index contributed by atoms with van der Waals surface area (Å²) in [6, 6.07) is 0. The topological polar surface area (TPSA) is 0 Å². The van der Waals surface area contributed by atoms with Crippen molar-refractivity contribution in [3.63, 3.8) is 0 Å². The fraction of sp³-hybridized carbons (Fsp3) is 1.00. The van der Waals surface area contributed by atoms with Gasteiger partial charge in [0, 0.05) is 5.33 Å². The summed E-state index contributed by atoms with van der Waals surface area (Å²) in [7, 11) is 0. The number of alkyl halides is 8. The highest BCUT2D eigenvalue weighted by Gasteiger charge is 2.64. The molecule has 12 heavy (non-hydrogen) atoms. The van der Waals surface area contributed by atoms with Gasteiger partial charge in [0.1, 0.15) is 0 Å². The molecule has 0 rings (SSSR count). The van der Waals surface area contributed by atoms with E-state index >= 15 is 0 Å². The van der Waals surface area contributed by atoms with Gasteiger partial charge in [-0.05, 0) is 0 Å². The molecule has 0 saturated heterocycles. The summed E-state index contributed by atoms with van der Waals surface area (Å²) in [6.45, 7) is 0. The first-order chi connectivity index (χ1) is 5.06. The van der Waals surface area contributed by atoms with E-state index in [9.17, 15) is 13.2 Å². The van der Waals surface area contributed by atoms with Gasteiger partial charge in [0.05, 0.1) is 0 Å². The lowest BCUT2D eigenvalue weighted by atomic mass is 10.3. The van der Waals surface area contributed by atoms with Crippen LogP contribution in [0.25, 0.3) is 0 Å². The third-order valence-electron chi connectivity index (χ3n) is 0.983. The molecule has 0 aliphatic carbocycles. The highest BCUT2D eigenvalue weighted by Crippen LogP contribution is 2.54. The molecule has 0 aliphatic rings. The summed E-state index contributed by atoms with van der Waals surface area (Å²) in [6.07, 6.45) is -4.80. The average Bonchev–Trinajstić information content (AvgIpc) is 1.85. The van der Waals surface area contributed by atoms with E-state index in [1.165, 1.54) is 0 Å². The van der Waals surface area contributed by atoms with Crippen molar-refractivity contribution >= 4 is 66.7 Å². The molecule has 0 heterocycles. The molecule has 0 bridgehead atoms. The van der Waals surface area contributed by atoms with Crippen LogP contribution in [-0.2, 0) is 0 Å². The van der Waals surface area contributed by atoms with Crippen molar-refractivity contribution in [3.05, 3.63) is 0 Å². The summed E-state index contributed by atoms with van der Waals surface area (Å²) in [4.78, 5) is 0. The third kappa shape index (κ3) is 2.56. The van der Waals surface area contributed by atoms with Crippen molar-refractivity contribution in [3.8, 4) is 0 Å². The van der Waals surface area contributed by atoms with Gasteiger partial charge < -0.3 is 0 Å². The van der Waals surface area contributed by atoms with E-state index in [0.717, 1.165) is 0 Å². The zero-order valence-corrected chi connectivity index (χ0v) is 10.7. The Morgan fingerprint density at radius 1 is 1.08 bits per heavy atom. The number of rotatable bonds is 2. The Hall–Kier alpha value is 1.62. The molecule has 0 spiro atoms. The molecule has 0 radical (unpaired) electrons. The van der Waals surface area contributed by atoms with E-state index in [4.69, 9.17) is 34.8 Å². The minimum Gasteiger partial charge on any atom is -0.168 e. The molecule has 8 heteroatoms. The maximum absolute atomic E-state index is 12.1. The van der Waals surface area contributed by atoms with Crippen molar-refractivity contribution in [2.24, 2.45) is 0 Å². The molecular formula is C4H2Br2Cl3F3. The Balaban J connectivity index is 4.85. The minimum absolute atomic E-state index is 0.242. The van der Waals surface area contributed by atoms with Crippen LogP contribution in [0.5, 0.6) is 0 Å². The van der Waals surface area contributed by atoms with E-state index in [2.05, 4.69) is 31.9 Å². The molecule has 0 amide bonds. The first-order valence-corrected chi connectivity index (χ1v) is 5.49. The van der Waals surface area contributed by atoms with E-state index < -0.39 is 14.3 Å². The van der Waals surface area contributed by atoms with Crippen LogP contribution in [0.3, 0.4) is 0 Å². The zero-order valence-electron chi connectivity index (χ0n) is 5.23. The van der Waals surface area contributed by atoms with Gasteiger partial charge in [0.25, 0.3) is 0 Å². The molecule has 0 fully saturated rings. The van der Waals surface area contributed by atoms with Crippen molar-refractivity contribution in [1.29, 1.82) is 0 Å². The third-order valence-corrected chi connectivity index (χ3v) is 5.92. The largest absolute Gasteiger partial charge is 0.424 e. The lowest BCUT2D eigenvalue weighted by Gasteiger charge is -2.33. The predicted octanol–water partition coefficient (Wildman–Crippen LogP) is 4.45. The zero-order chi connectivity index (χ0) is 10.2. The summed E-state index contributed by atoms with van der Waals surface area (Å²) < 4.78 is 31.3. The van der Waals surface area contributed by atoms with Gasteiger partial charge in [-0.3, -0.25) is 0 Å². The lowest BCUT2D eigenvalue weighted by Crippen LogP contribution is -2.49. The lowest BCUT2D eigenvalue weighted by molar-refractivity contribution is -0.142. The molecular weight excluding hydrogens is 371 g/mol. The van der Waals surface area contributed by atoms with Gasteiger partial charge in [-0.15, -0.1) is 11.6 Å². The van der Waals surface area contributed by atoms with Crippen LogP contribution in [0, 0.1) is 0 Å². The smallest absolute Gasteiger partial charge is 0.168 e. The molecule has 1 unspecified atom stereocenters. The molecule has 0 nitrogen and oxygen atoms in total. The maximum Gasteiger partial charge on any atom is 0.424 e. The highest BCUT2D eigenvalue weighted by atomic mass is 79.9. The molecule has 0 aliphatic heterocycles. The normalized spacial score (nSPS) is 19.0. The van der Waals surface area contributed by atoms with Crippen LogP contribution >= 0.6 is 66.7 Å². The SMILES string of the molecule is FC(F)(F)C(Cl)(Cl)C(Cl)(Br)CBr. The Morgan fingerprint density at radius 2 is 1.42 bits per heavy atom. The van der Waals surface area contributed by atoms with Crippen LogP contribution in [0.2, 0.25) is 0 Å². The van der Waals surface area contributed by atoms with Gasteiger partial charge in [-0.25, -0.2) is 0 Å². The van der Waals surface area contributed by atoms with E-state index in [-0.39, 0.29) is 5.33 Å². The molecule has 0 N–H and O–H groups in total. The van der Waals surface area contributed by atoms with Gasteiger partial charge in [0.2, 0.25) is 4.33 Å². The first kappa shape index (κ1) is 13.6. The molecule has 0 saturated carbocycles. The second kappa shape index (κ2) is 4.01. The van der Waals surface area contributed by atoms with E-state index in [1.54, 1.807) is 0 Å². The average molecular weight is 373 g/mol. The van der Waals surface area contributed by atoms with Crippen LogP contribution in [0.1, 0.15) is 0 Å². The Morgan fingerprint density at radius 3 is 1.50 bits per heavy atom. The van der Waals surface area contributed by atoms with E-state index in [0.29, 0.717) is 0 Å². The maximum atomic E-state index is 12.1. The summed E-state index contributed by atoms with van der Waals surface area (Å²) in [5.41, 5.74) is 0. The quantitative estimate of drug-likeness (QED) is 0.628. The Labute approximate surface area is 99.0 Å². The van der Waals surface area contributed by atoms with Gasteiger partial charge in [0.15, 0.2) is 3.78 Å². The van der Waals surface area contributed by atoms with Gasteiger partial charge in [-0.2, -0.15) is 13.2 Å². The molecule has 74 valence electrons. The van der Waals surface area contributed by atoms with Crippen molar-refractivity contribution in [1.82, 2.24) is 0 Å². The first-order valence-electron chi connectivity index (χ1n) is 2.44. The summed E-state index contributed by atoms with van der Waals surface area (Å²) >= 11 is 20.8. The monoisotopic (exact) mass is 370 g/mol. The van der Waals surface area contributed by atoms with Gasteiger partial charge >= 0.3 is 6.18 Å². The Kier molecular flexibility index (Phi) is 4.55. The van der Waals surface area contributed by atoms with Crippen LogP contribution in [0.4, 0.5) is 13.2 Å². The molecule has 1 atom stereocenters. The predicted molar refractivity (Wildman–Crippen MR) is 51.8 cm³/mol. The van der Waals surface area contributed by atoms with Crippen LogP contribution < -0.4 is 0 Å². The molecule has 0 aromatic carbocycles. The molecule has 0 aromatic rings. The number of hydrogen-bond acceptors (Lipinski definition) is 0. The van der Waals surface area contributed by atoms with Crippen molar-refractivity contribution in [2.45, 2.75) is 14.3 Å². The van der Waals surface area contributed by atoms with Crippen molar-refractivity contribution in [2.75, 3.05) is 5.33 Å². The fourth-order valence-electron chi connectivity index (χ4n) is 0.291. The second-order valence-electron chi connectivity index (χ2n) is 1.91. The number of hydrogen-bond donors (Lipinski definition) is 0. The number of halogens is 8. The second-order valence-corrected chi connectivity index (χ2v) is 6.25. The minimum atomic E-state index is -4.80. The van der Waals surface area contributed by atoms with Crippen LogP contribution in [0.15, 0.2) is 0 Å². The summed E-state index contributed by atoms with van der Waals surface area (Å²) in [5.74, 6) is 0. The van der Waals surface area contributed by atoms with E-state index in [1.807, 2.05) is 0 Å². The highest BCUT2D eigenvalue weighted by molar-refractivity contribution is 9.12. The Bertz CT molecular complexity index is 167. The van der Waals surface area contributed by atoms with Crippen molar-refractivity contribution < 1.29 is 13.2 Å². The van der Waals surface area contributed by atoms with Crippen LogP contribution in [-0.4, -0.2) is 19.6 Å². The summed E-state index contributed by atoms with van der Waals surface area (Å²) in [5, 5.41) is -0.242. The standard InChI is InChI=1S/C4H2Br2Cl3F3/c5-1-2(6,7)3(8,9)4(10,11)12/h1H2. The molecule has 0 aromatic heterocycles. The van der Waals surface area contributed by atoms with Gasteiger partial charge in [-0.1, -0.05) is 55.1 Å².